The van der Waals surface area contributed by atoms with Crippen LogP contribution in [0.1, 0.15) is 126 Å². The van der Waals surface area contributed by atoms with Gasteiger partial charge in [-0.2, -0.15) is 0 Å². The molecule has 8 heteroatoms. The lowest BCUT2D eigenvalue weighted by Gasteiger charge is -2.36. The highest BCUT2D eigenvalue weighted by molar-refractivity contribution is 7.09. The first kappa shape index (κ1) is 37.7. The van der Waals surface area contributed by atoms with Crippen LogP contribution in [0.25, 0.3) is 0 Å². The highest BCUT2D eigenvalue weighted by atomic mass is 32.1. The maximum atomic E-state index is 13.4. The van der Waals surface area contributed by atoms with Crippen LogP contribution < -0.4 is 10.2 Å². The molecule has 0 aliphatic heterocycles. The smallest absolute Gasteiger partial charge is 0.323 e. The lowest BCUT2D eigenvalue weighted by atomic mass is 9.85. The summed E-state index contributed by atoms with van der Waals surface area (Å²) < 4.78 is 0. The maximum Gasteiger partial charge on any atom is 0.323 e. The number of amides is 2. The molecule has 0 saturated heterocycles. The van der Waals surface area contributed by atoms with Crippen molar-refractivity contribution in [1.82, 2.24) is 10.2 Å². The number of rotatable bonds is 24. The zero-order chi connectivity index (χ0) is 33.0. The number of hydrogen-bond acceptors (Lipinski definition) is 5. The van der Waals surface area contributed by atoms with Gasteiger partial charge >= 0.3 is 5.97 Å². The van der Waals surface area contributed by atoms with Gasteiger partial charge in [-0.25, -0.2) is 0 Å². The Labute approximate surface area is 282 Å². The van der Waals surface area contributed by atoms with E-state index in [0.717, 1.165) is 102 Å². The number of carbonyl (C=O) groups excluding carboxylic acids is 2. The molecule has 0 bridgehead atoms. The third kappa shape index (κ3) is 13.6. The summed E-state index contributed by atoms with van der Waals surface area (Å²) in [6.07, 6.45) is 18.0. The van der Waals surface area contributed by atoms with Crippen molar-refractivity contribution < 1.29 is 19.5 Å². The molecule has 1 aromatic heterocycles. The van der Waals surface area contributed by atoms with Crippen LogP contribution in [0.3, 0.4) is 0 Å². The zero-order valence-corrected chi connectivity index (χ0v) is 29.4. The molecule has 7 nitrogen and oxygen atoms in total. The van der Waals surface area contributed by atoms with Crippen molar-refractivity contribution >= 4 is 34.8 Å². The van der Waals surface area contributed by atoms with E-state index in [4.69, 9.17) is 0 Å². The van der Waals surface area contributed by atoms with Crippen LogP contribution in [0.4, 0.5) is 5.69 Å². The Hall–Kier alpha value is -2.71. The van der Waals surface area contributed by atoms with Crippen molar-refractivity contribution in [3.05, 3.63) is 51.7 Å². The number of nitrogens with zero attached hydrogens (tertiary/aromatic N) is 2. The second-order valence-electron chi connectivity index (χ2n) is 12.9. The van der Waals surface area contributed by atoms with E-state index in [0.29, 0.717) is 18.9 Å². The average Bonchev–Trinajstić information content (AvgIpc) is 3.58. The number of unbranched alkanes of at least 4 members (excludes halogenated alkanes) is 9. The zero-order valence-electron chi connectivity index (χ0n) is 28.6. The molecule has 1 aliphatic carbocycles. The van der Waals surface area contributed by atoms with E-state index in [1.165, 1.54) is 47.4 Å². The van der Waals surface area contributed by atoms with Crippen LogP contribution in [-0.2, 0) is 33.6 Å². The van der Waals surface area contributed by atoms with Crippen LogP contribution in [0.5, 0.6) is 0 Å². The largest absolute Gasteiger partial charge is 0.480 e. The second kappa shape index (κ2) is 22.0. The van der Waals surface area contributed by atoms with Gasteiger partial charge in [0.05, 0.1) is 0 Å². The number of carboxylic acids is 1. The Morgan fingerprint density at radius 2 is 1.57 bits per heavy atom. The van der Waals surface area contributed by atoms with Crippen molar-refractivity contribution in [3.8, 4) is 0 Å². The topological polar surface area (TPSA) is 90.0 Å². The molecule has 2 amide bonds. The summed E-state index contributed by atoms with van der Waals surface area (Å²) in [6, 6.07) is 10.9. The summed E-state index contributed by atoms with van der Waals surface area (Å²) in [7, 11) is 0. The number of benzene rings is 1. The first-order valence-electron chi connectivity index (χ1n) is 18.1. The normalized spacial score (nSPS) is 14.3. The van der Waals surface area contributed by atoms with Gasteiger partial charge in [0.25, 0.3) is 0 Å². The third-order valence-corrected chi connectivity index (χ3v) is 10.1. The van der Waals surface area contributed by atoms with Gasteiger partial charge in [0.2, 0.25) is 11.8 Å². The van der Waals surface area contributed by atoms with Gasteiger partial charge in [0.1, 0.15) is 6.54 Å². The summed E-state index contributed by atoms with van der Waals surface area (Å²) in [5.41, 5.74) is 3.21. The Morgan fingerprint density at radius 1 is 0.870 bits per heavy atom. The maximum absolute atomic E-state index is 13.4. The van der Waals surface area contributed by atoms with Crippen molar-refractivity contribution in [2.45, 2.75) is 135 Å². The van der Waals surface area contributed by atoms with Crippen LogP contribution in [0, 0.1) is 0 Å². The Bertz CT molecular complexity index is 1170. The predicted octanol–water partition coefficient (Wildman–Crippen LogP) is 8.19. The van der Waals surface area contributed by atoms with Gasteiger partial charge in [-0.05, 0) is 86.6 Å². The van der Waals surface area contributed by atoms with E-state index >= 15 is 0 Å². The third-order valence-electron chi connectivity index (χ3n) is 9.19. The number of carbonyl (C=O) groups is 3. The standard InChI is InChI=1S/C38H59N3O4S/c1-3-25-39-36(42)20-13-11-9-7-5-6-8-10-12-14-21-37(43)41(30-38(44)45)35-19-15-17-31-29-32(22-23-34(31)35)40(26-4-2)27-24-33-18-16-28-46-33/h15-19,28,32H,3-14,20-27,29-30H2,1-2H3,(H,39,42)(H,44,45)/t32-/m0/s1. The number of nitrogens with one attached hydrogen (secondary N) is 1. The SMILES string of the molecule is CCCNC(=O)CCCCCCCCCCCCC(=O)N(CC(=O)O)c1cccc2c1CC[C@H](N(CCC)CCc1cccs1)C2. The summed E-state index contributed by atoms with van der Waals surface area (Å²) in [5.74, 6) is -0.870. The van der Waals surface area contributed by atoms with Crippen LogP contribution in [0.15, 0.2) is 35.7 Å². The predicted molar refractivity (Wildman–Crippen MR) is 191 cm³/mol. The van der Waals surface area contributed by atoms with E-state index in [-0.39, 0.29) is 18.4 Å². The van der Waals surface area contributed by atoms with Gasteiger partial charge < -0.3 is 15.3 Å². The van der Waals surface area contributed by atoms with Crippen molar-refractivity contribution in [1.29, 1.82) is 0 Å². The summed E-state index contributed by atoms with van der Waals surface area (Å²) in [5, 5.41) is 14.8. The minimum atomic E-state index is -0.970. The van der Waals surface area contributed by atoms with Crippen LogP contribution in [0.2, 0.25) is 0 Å². The molecule has 0 radical (unpaired) electrons. The van der Waals surface area contributed by atoms with Crippen LogP contribution in [-0.4, -0.2) is 60.0 Å². The molecular formula is C38H59N3O4S. The highest BCUT2D eigenvalue weighted by Gasteiger charge is 2.28. The Morgan fingerprint density at radius 3 is 2.20 bits per heavy atom. The molecule has 46 heavy (non-hydrogen) atoms. The Balaban J connectivity index is 1.41. The van der Waals surface area contributed by atoms with E-state index in [9.17, 15) is 19.5 Å². The molecule has 1 heterocycles. The molecule has 1 atom stereocenters. The monoisotopic (exact) mass is 653 g/mol. The van der Waals surface area contributed by atoms with E-state index < -0.39 is 5.97 Å². The molecule has 256 valence electrons. The molecular weight excluding hydrogens is 595 g/mol. The molecule has 0 spiro atoms. The molecule has 0 saturated carbocycles. The van der Waals surface area contributed by atoms with E-state index in [1.54, 1.807) is 0 Å². The number of carboxylic acid groups (broad SMARTS) is 1. The number of hydrogen-bond donors (Lipinski definition) is 2. The average molecular weight is 654 g/mol. The fourth-order valence-electron chi connectivity index (χ4n) is 6.71. The fourth-order valence-corrected chi connectivity index (χ4v) is 7.41. The minimum absolute atomic E-state index is 0.0788. The van der Waals surface area contributed by atoms with Gasteiger partial charge in [-0.15, -0.1) is 11.3 Å². The second-order valence-corrected chi connectivity index (χ2v) is 14.0. The molecule has 0 unspecified atom stereocenters. The molecule has 3 rings (SSSR count). The van der Waals surface area contributed by atoms with Crippen molar-refractivity contribution in [3.63, 3.8) is 0 Å². The molecule has 0 fully saturated rings. The highest BCUT2D eigenvalue weighted by Crippen LogP contribution is 2.33. The van der Waals surface area contributed by atoms with Gasteiger partial charge in [0, 0.05) is 42.5 Å². The lowest BCUT2D eigenvalue weighted by molar-refractivity contribution is -0.136. The van der Waals surface area contributed by atoms with Gasteiger partial charge in [-0.3, -0.25) is 19.3 Å². The lowest BCUT2D eigenvalue weighted by Crippen LogP contribution is -2.42. The number of fused-ring (bicyclic) bond motifs is 1. The summed E-state index contributed by atoms with van der Waals surface area (Å²) >= 11 is 1.83. The van der Waals surface area contributed by atoms with Gasteiger partial charge in [-0.1, -0.05) is 83.4 Å². The first-order chi connectivity index (χ1) is 22.4. The molecule has 2 aromatic rings. The van der Waals surface area contributed by atoms with Gasteiger partial charge in [0.15, 0.2) is 0 Å². The molecule has 2 N–H and O–H groups in total. The minimum Gasteiger partial charge on any atom is -0.480 e. The van der Waals surface area contributed by atoms with Crippen molar-refractivity contribution in [2.75, 3.05) is 31.1 Å². The number of anilines is 1. The first-order valence-corrected chi connectivity index (χ1v) is 19.0. The summed E-state index contributed by atoms with van der Waals surface area (Å²) in [6.45, 7) is 6.93. The van der Waals surface area contributed by atoms with Crippen molar-refractivity contribution in [2.24, 2.45) is 0 Å². The number of aliphatic carboxylic acids is 1. The van der Waals surface area contributed by atoms with Crippen LogP contribution >= 0.6 is 11.3 Å². The fraction of sp³-hybridized carbons (Fsp3) is 0.658. The van der Waals surface area contributed by atoms with E-state index in [1.807, 2.05) is 23.5 Å². The summed E-state index contributed by atoms with van der Waals surface area (Å²) in [4.78, 5) is 42.5. The quantitative estimate of drug-likeness (QED) is 0.112. The Kier molecular flexibility index (Phi) is 18.0. The number of thiophene rings is 1. The molecule has 1 aliphatic rings. The molecule has 1 aromatic carbocycles. The van der Waals surface area contributed by atoms with E-state index in [2.05, 4.69) is 47.6 Å².